The van der Waals surface area contributed by atoms with Crippen LogP contribution in [0.3, 0.4) is 0 Å². The lowest BCUT2D eigenvalue weighted by Gasteiger charge is -1.99. The lowest BCUT2D eigenvalue weighted by molar-refractivity contribution is 0.0943. The summed E-state index contributed by atoms with van der Waals surface area (Å²) in [5.74, 6) is 0.462. The highest BCUT2D eigenvalue weighted by Gasteiger charge is 2.10. The van der Waals surface area contributed by atoms with Crippen molar-refractivity contribution in [3.05, 3.63) is 54.6 Å². The van der Waals surface area contributed by atoms with E-state index in [4.69, 9.17) is 4.42 Å². The molecule has 0 unspecified atom stereocenters. The Balaban J connectivity index is 1.75. The summed E-state index contributed by atoms with van der Waals surface area (Å²) < 4.78 is 6.87. The molecule has 0 aliphatic carbocycles. The van der Waals surface area contributed by atoms with E-state index in [-0.39, 0.29) is 5.91 Å². The smallest absolute Gasteiger partial charge is 0.271 e. The Morgan fingerprint density at radius 3 is 3.22 bits per heavy atom. The average molecular weight is 242 g/mol. The van der Waals surface area contributed by atoms with Crippen LogP contribution in [0.5, 0.6) is 0 Å². The van der Waals surface area contributed by atoms with Gasteiger partial charge in [0, 0.05) is 18.6 Å². The molecule has 0 fully saturated rings. The number of nitrogens with zero attached hydrogens (tertiary/aromatic N) is 3. The Kier molecular flexibility index (Phi) is 2.53. The molecule has 0 saturated carbocycles. The Hall–Kier alpha value is -2.63. The maximum absolute atomic E-state index is 11.9. The van der Waals surface area contributed by atoms with Crippen molar-refractivity contribution in [2.75, 3.05) is 0 Å². The van der Waals surface area contributed by atoms with Gasteiger partial charge in [-0.05, 0) is 12.1 Å². The second-order valence-corrected chi connectivity index (χ2v) is 3.73. The van der Waals surface area contributed by atoms with E-state index >= 15 is 0 Å². The van der Waals surface area contributed by atoms with E-state index in [1.165, 1.54) is 0 Å². The van der Waals surface area contributed by atoms with E-state index in [9.17, 15) is 4.79 Å². The third kappa shape index (κ3) is 1.95. The van der Waals surface area contributed by atoms with E-state index < -0.39 is 0 Å². The Labute approximate surface area is 102 Å². The standard InChI is InChI=1S/C12H10N4O2/c17-12(14-6-9-2-1-5-18-9)10-8-16-4-3-13-7-11(16)15-10/h1-5,7-8H,6H2,(H,14,17). The number of nitrogens with one attached hydrogen (secondary N) is 1. The first-order chi connectivity index (χ1) is 8.83. The molecule has 0 aromatic carbocycles. The summed E-state index contributed by atoms with van der Waals surface area (Å²) in [4.78, 5) is 20.0. The molecule has 0 spiro atoms. The first-order valence-corrected chi connectivity index (χ1v) is 5.42. The zero-order valence-corrected chi connectivity index (χ0v) is 9.41. The number of carbonyl (C=O) groups excluding carboxylic acids is 1. The van der Waals surface area contributed by atoms with E-state index in [0.717, 1.165) is 0 Å². The van der Waals surface area contributed by atoms with Gasteiger partial charge in [-0.15, -0.1) is 0 Å². The fourth-order valence-electron chi connectivity index (χ4n) is 1.62. The van der Waals surface area contributed by atoms with Crippen LogP contribution >= 0.6 is 0 Å². The molecule has 3 aromatic rings. The second-order valence-electron chi connectivity index (χ2n) is 3.73. The van der Waals surface area contributed by atoms with Gasteiger partial charge in [-0.3, -0.25) is 9.78 Å². The number of furan rings is 1. The number of hydrogen-bond donors (Lipinski definition) is 1. The van der Waals surface area contributed by atoms with Crippen LogP contribution in [0.4, 0.5) is 0 Å². The summed E-state index contributed by atoms with van der Waals surface area (Å²) in [6, 6.07) is 3.58. The molecule has 1 N–H and O–H groups in total. The molecule has 0 aliphatic heterocycles. The largest absolute Gasteiger partial charge is 0.467 e. The van der Waals surface area contributed by atoms with Crippen molar-refractivity contribution in [3.8, 4) is 0 Å². The van der Waals surface area contributed by atoms with Crippen molar-refractivity contribution in [3.63, 3.8) is 0 Å². The number of aromatic nitrogens is 3. The summed E-state index contributed by atoms with van der Waals surface area (Å²) in [5.41, 5.74) is 0.996. The lowest BCUT2D eigenvalue weighted by Crippen LogP contribution is -2.22. The van der Waals surface area contributed by atoms with E-state index in [0.29, 0.717) is 23.6 Å². The number of fused-ring (bicyclic) bond motifs is 1. The normalized spacial score (nSPS) is 10.7. The minimum absolute atomic E-state index is 0.241. The molecule has 0 bridgehead atoms. The highest BCUT2D eigenvalue weighted by Crippen LogP contribution is 2.04. The van der Waals surface area contributed by atoms with Gasteiger partial charge >= 0.3 is 0 Å². The van der Waals surface area contributed by atoms with Crippen LogP contribution in [0.15, 0.2) is 47.6 Å². The van der Waals surface area contributed by atoms with Crippen LogP contribution < -0.4 is 5.32 Å². The summed E-state index contributed by atoms with van der Waals surface area (Å²) in [7, 11) is 0. The predicted molar refractivity (Wildman–Crippen MR) is 62.9 cm³/mol. The average Bonchev–Trinajstić information content (AvgIpc) is 3.04. The molecular weight excluding hydrogens is 232 g/mol. The fraction of sp³-hybridized carbons (Fsp3) is 0.0833. The SMILES string of the molecule is O=C(NCc1ccco1)c1cn2ccncc2n1. The van der Waals surface area contributed by atoms with Gasteiger partial charge in [-0.25, -0.2) is 4.98 Å². The lowest BCUT2D eigenvalue weighted by atomic mass is 10.4. The highest BCUT2D eigenvalue weighted by molar-refractivity contribution is 5.92. The van der Waals surface area contributed by atoms with Crippen LogP contribution in [0.1, 0.15) is 16.2 Å². The molecule has 0 saturated heterocycles. The van der Waals surface area contributed by atoms with Crippen LogP contribution in [0.2, 0.25) is 0 Å². The molecule has 6 nitrogen and oxygen atoms in total. The monoisotopic (exact) mass is 242 g/mol. The number of rotatable bonds is 3. The first kappa shape index (κ1) is 10.5. The number of imidazole rings is 1. The molecule has 1 amide bonds. The highest BCUT2D eigenvalue weighted by atomic mass is 16.3. The topological polar surface area (TPSA) is 72.4 Å². The molecule has 18 heavy (non-hydrogen) atoms. The number of hydrogen-bond acceptors (Lipinski definition) is 4. The van der Waals surface area contributed by atoms with Crippen molar-refractivity contribution in [1.29, 1.82) is 0 Å². The van der Waals surface area contributed by atoms with Crippen molar-refractivity contribution in [2.24, 2.45) is 0 Å². The summed E-state index contributed by atoms with van der Waals surface area (Å²) in [5, 5.41) is 2.73. The number of amides is 1. The van der Waals surface area contributed by atoms with Crippen molar-refractivity contribution in [2.45, 2.75) is 6.54 Å². The van der Waals surface area contributed by atoms with Gasteiger partial charge in [0.25, 0.3) is 5.91 Å². The molecule has 0 radical (unpaired) electrons. The van der Waals surface area contributed by atoms with E-state index in [1.807, 2.05) is 0 Å². The van der Waals surface area contributed by atoms with Gasteiger partial charge in [0.15, 0.2) is 5.65 Å². The molecule has 6 heteroatoms. The van der Waals surface area contributed by atoms with Gasteiger partial charge in [0.05, 0.1) is 19.0 Å². The van der Waals surface area contributed by atoms with Crippen molar-refractivity contribution < 1.29 is 9.21 Å². The maximum Gasteiger partial charge on any atom is 0.271 e. The Morgan fingerprint density at radius 2 is 2.44 bits per heavy atom. The molecule has 3 rings (SSSR count). The fourth-order valence-corrected chi connectivity index (χ4v) is 1.62. The Bertz CT molecular complexity index is 639. The molecule has 0 atom stereocenters. The van der Waals surface area contributed by atoms with Crippen LogP contribution in [0.25, 0.3) is 5.65 Å². The van der Waals surface area contributed by atoms with Crippen molar-refractivity contribution in [1.82, 2.24) is 19.7 Å². The van der Waals surface area contributed by atoms with Gasteiger partial charge in [0.1, 0.15) is 11.5 Å². The van der Waals surface area contributed by atoms with Gasteiger partial charge in [-0.2, -0.15) is 0 Å². The summed E-state index contributed by atoms with van der Waals surface area (Å²) in [6.45, 7) is 0.345. The molecular formula is C12H10N4O2. The van der Waals surface area contributed by atoms with E-state index in [1.54, 1.807) is 47.6 Å². The minimum atomic E-state index is -0.241. The van der Waals surface area contributed by atoms with Crippen LogP contribution in [-0.4, -0.2) is 20.3 Å². The molecule has 3 aromatic heterocycles. The van der Waals surface area contributed by atoms with Crippen molar-refractivity contribution >= 4 is 11.6 Å². The minimum Gasteiger partial charge on any atom is -0.467 e. The van der Waals surface area contributed by atoms with Gasteiger partial charge < -0.3 is 14.1 Å². The predicted octanol–water partition coefficient (Wildman–Crippen LogP) is 1.25. The van der Waals surface area contributed by atoms with Gasteiger partial charge in [-0.1, -0.05) is 0 Å². The zero-order chi connectivity index (χ0) is 12.4. The third-order valence-corrected chi connectivity index (χ3v) is 2.50. The first-order valence-electron chi connectivity index (χ1n) is 5.42. The summed E-state index contributed by atoms with van der Waals surface area (Å²) >= 11 is 0. The maximum atomic E-state index is 11.9. The molecule has 0 aliphatic rings. The quantitative estimate of drug-likeness (QED) is 0.750. The third-order valence-electron chi connectivity index (χ3n) is 2.50. The Morgan fingerprint density at radius 1 is 1.50 bits per heavy atom. The van der Waals surface area contributed by atoms with Gasteiger partial charge in [0.2, 0.25) is 0 Å². The number of carbonyl (C=O) groups is 1. The van der Waals surface area contributed by atoms with Crippen LogP contribution in [-0.2, 0) is 6.54 Å². The molecule has 3 heterocycles. The summed E-state index contributed by atoms with van der Waals surface area (Å²) in [6.07, 6.45) is 8.21. The second kappa shape index (κ2) is 4.33. The van der Waals surface area contributed by atoms with E-state index in [2.05, 4.69) is 15.3 Å². The van der Waals surface area contributed by atoms with Crippen LogP contribution in [0, 0.1) is 0 Å². The zero-order valence-electron chi connectivity index (χ0n) is 9.41. The molecule has 90 valence electrons.